The summed E-state index contributed by atoms with van der Waals surface area (Å²) in [5.41, 5.74) is 3.94. The van der Waals surface area contributed by atoms with Gasteiger partial charge in [0.05, 0.1) is 7.11 Å². The minimum Gasteiger partial charge on any atom is -0.453 e. The Kier molecular flexibility index (Phi) is 4.78. The first kappa shape index (κ1) is 15.6. The lowest BCUT2D eigenvalue weighted by molar-refractivity contribution is 0.102. The van der Waals surface area contributed by atoms with Crippen molar-refractivity contribution in [2.75, 3.05) is 17.7 Å². The molecule has 2 aromatic carbocycles. The van der Waals surface area contributed by atoms with Crippen molar-refractivity contribution >= 4 is 23.4 Å². The summed E-state index contributed by atoms with van der Waals surface area (Å²) in [6.07, 6.45) is -0.558. The van der Waals surface area contributed by atoms with Crippen molar-refractivity contribution < 1.29 is 14.3 Å². The second-order valence-electron chi connectivity index (χ2n) is 4.95. The van der Waals surface area contributed by atoms with Crippen LogP contribution in [0.4, 0.5) is 16.2 Å². The molecule has 2 aromatic rings. The Morgan fingerprint density at radius 2 is 1.59 bits per heavy atom. The molecule has 2 amide bonds. The highest BCUT2D eigenvalue weighted by molar-refractivity contribution is 6.04. The zero-order chi connectivity index (χ0) is 16.1. The number of carbonyl (C=O) groups is 2. The van der Waals surface area contributed by atoms with Crippen molar-refractivity contribution in [3.05, 3.63) is 59.2 Å². The minimum atomic E-state index is -0.558. The van der Waals surface area contributed by atoms with Crippen LogP contribution in [0.25, 0.3) is 0 Å². The quantitative estimate of drug-likeness (QED) is 0.907. The van der Waals surface area contributed by atoms with Crippen LogP contribution in [-0.2, 0) is 4.74 Å². The van der Waals surface area contributed by atoms with Gasteiger partial charge in [-0.05, 0) is 55.3 Å². The van der Waals surface area contributed by atoms with Crippen LogP contribution in [0.15, 0.2) is 42.5 Å². The maximum absolute atomic E-state index is 12.2. The molecule has 5 nitrogen and oxygen atoms in total. The summed E-state index contributed by atoms with van der Waals surface area (Å²) >= 11 is 0. The van der Waals surface area contributed by atoms with E-state index in [0.29, 0.717) is 16.9 Å². The number of hydrogen-bond acceptors (Lipinski definition) is 3. The Morgan fingerprint density at radius 1 is 0.909 bits per heavy atom. The molecule has 0 fully saturated rings. The summed E-state index contributed by atoms with van der Waals surface area (Å²) in [6, 6.07) is 12.4. The summed E-state index contributed by atoms with van der Waals surface area (Å²) in [7, 11) is 1.29. The van der Waals surface area contributed by atoms with Crippen LogP contribution < -0.4 is 10.6 Å². The van der Waals surface area contributed by atoms with Crippen LogP contribution in [0, 0.1) is 13.8 Å². The average molecular weight is 298 g/mol. The van der Waals surface area contributed by atoms with Gasteiger partial charge >= 0.3 is 6.09 Å². The molecule has 5 heteroatoms. The monoisotopic (exact) mass is 298 g/mol. The lowest BCUT2D eigenvalue weighted by Gasteiger charge is -2.09. The maximum atomic E-state index is 12.2. The third-order valence-corrected chi connectivity index (χ3v) is 3.32. The van der Waals surface area contributed by atoms with E-state index in [2.05, 4.69) is 15.4 Å². The molecule has 0 saturated carbocycles. The van der Waals surface area contributed by atoms with Gasteiger partial charge in [-0.1, -0.05) is 12.1 Å². The van der Waals surface area contributed by atoms with Gasteiger partial charge < -0.3 is 10.1 Å². The van der Waals surface area contributed by atoms with Crippen LogP contribution in [0.2, 0.25) is 0 Å². The summed E-state index contributed by atoms with van der Waals surface area (Å²) in [5.74, 6) is -0.196. The number of aryl methyl sites for hydroxylation is 2. The molecule has 0 heterocycles. The fourth-order valence-corrected chi connectivity index (χ4v) is 1.93. The molecule has 0 atom stereocenters. The summed E-state index contributed by atoms with van der Waals surface area (Å²) in [5, 5.41) is 5.35. The van der Waals surface area contributed by atoms with Crippen LogP contribution in [0.1, 0.15) is 21.5 Å². The molecular formula is C17H18N2O3. The number of anilines is 2. The molecule has 2 rings (SSSR count). The van der Waals surface area contributed by atoms with Gasteiger partial charge in [-0.3, -0.25) is 10.1 Å². The number of ether oxygens (including phenoxy) is 1. The van der Waals surface area contributed by atoms with Gasteiger partial charge in [0.25, 0.3) is 5.91 Å². The van der Waals surface area contributed by atoms with Gasteiger partial charge in [-0.15, -0.1) is 0 Å². The number of methoxy groups -OCH3 is 1. The number of carbonyl (C=O) groups excluding carboxylic acids is 2. The molecule has 0 unspecified atom stereocenters. The van der Waals surface area contributed by atoms with E-state index >= 15 is 0 Å². The van der Waals surface area contributed by atoms with Crippen molar-refractivity contribution in [3.63, 3.8) is 0 Å². The van der Waals surface area contributed by atoms with E-state index in [0.717, 1.165) is 11.1 Å². The Labute approximate surface area is 129 Å². The fraction of sp³-hybridized carbons (Fsp3) is 0.176. The van der Waals surface area contributed by atoms with E-state index in [4.69, 9.17) is 0 Å². The largest absolute Gasteiger partial charge is 0.453 e. The minimum absolute atomic E-state index is 0.196. The highest BCUT2D eigenvalue weighted by Crippen LogP contribution is 2.17. The highest BCUT2D eigenvalue weighted by atomic mass is 16.5. The first-order chi connectivity index (χ1) is 10.5. The van der Waals surface area contributed by atoms with E-state index in [1.54, 1.807) is 30.3 Å². The molecule has 0 bridgehead atoms. The predicted octanol–water partition coefficient (Wildman–Crippen LogP) is 3.73. The topological polar surface area (TPSA) is 67.4 Å². The SMILES string of the molecule is COC(=O)Nc1cccc(NC(=O)c2ccc(C)c(C)c2)c1. The van der Waals surface area contributed by atoms with Gasteiger partial charge in [-0.2, -0.15) is 0 Å². The molecule has 2 N–H and O–H groups in total. The molecule has 22 heavy (non-hydrogen) atoms. The molecule has 0 spiro atoms. The number of nitrogens with one attached hydrogen (secondary N) is 2. The number of rotatable bonds is 3. The number of hydrogen-bond donors (Lipinski definition) is 2. The van der Waals surface area contributed by atoms with E-state index in [1.807, 2.05) is 26.0 Å². The second-order valence-corrected chi connectivity index (χ2v) is 4.95. The molecule has 0 aliphatic heterocycles. The second kappa shape index (κ2) is 6.76. The summed E-state index contributed by atoms with van der Waals surface area (Å²) in [6.45, 7) is 3.96. The standard InChI is InChI=1S/C17H18N2O3/c1-11-7-8-13(9-12(11)2)16(20)18-14-5-4-6-15(10-14)19-17(21)22-3/h4-10H,1-3H3,(H,18,20)(H,19,21). The zero-order valence-electron chi connectivity index (χ0n) is 12.8. The smallest absolute Gasteiger partial charge is 0.411 e. The highest BCUT2D eigenvalue weighted by Gasteiger charge is 2.08. The fourth-order valence-electron chi connectivity index (χ4n) is 1.93. The van der Waals surface area contributed by atoms with Crippen molar-refractivity contribution in [1.29, 1.82) is 0 Å². The third kappa shape index (κ3) is 3.85. The normalized spacial score (nSPS) is 9.95. The maximum Gasteiger partial charge on any atom is 0.411 e. The van der Waals surface area contributed by atoms with Gasteiger partial charge in [0.1, 0.15) is 0 Å². The van der Waals surface area contributed by atoms with E-state index in [9.17, 15) is 9.59 Å². The summed E-state index contributed by atoms with van der Waals surface area (Å²) in [4.78, 5) is 23.4. The van der Waals surface area contributed by atoms with Crippen LogP contribution in [0.3, 0.4) is 0 Å². The molecule has 0 aromatic heterocycles. The first-order valence-corrected chi connectivity index (χ1v) is 6.83. The molecule has 0 aliphatic carbocycles. The number of amides is 2. The Bertz CT molecular complexity index is 711. The van der Waals surface area contributed by atoms with E-state index in [-0.39, 0.29) is 5.91 Å². The van der Waals surface area contributed by atoms with Crippen LogP contribution in [-0.4, -0.2) is 19.1 Å². The summed E-state index contributed by atoms with van der Waals surface area (Å²) < 4.78 is 4.53. The Morgan fingerprint density at radius 3 is 2.23 bits per heavy atom. The van der Waals surface area contributed by atoms with Crippen molar-refractivity contribution in [3.8, 4) is 0 Å². The molecular weight excluding hydrogens is 280 g/mol. The average Bonchev–Trinajstić information content (AvgIpc) is 2.50. The van der Waals surface area contributed by atoms with Crippen LogP contribution >= 0.6 is 0 Å². The predicted molar refractivity (Wildman–Crippen MR) is 86.3 cm³/mol. The van der Waals surface area contributed by atoms with E-state index < -0.39 is 6.09 Å². The molecule has 0 aliphatic rings. The molecule has 0 saturated heterocycles. The van der Waals surface area contributed by atoms with Gasteiger partial charge in [-0.25, -0.2) is 4.79 Å². The van der Waals surface area contributed by atoms with Gasteiger partial charge in [0.2, 0.25) is 0 Å². The van der Waals surface area contributed by atoms with Crippen molar-refractivity contribution in [2.45, 2.75) is 13.8 Å². The Balaban J connectivity index is 2.12. The van der Waals surface area contributed by atoms with Crippen molar-refractivity contribution in [2.24, 2.45) is 0 Å². The molecule has 114 valence electrons. The number of benzene rings is 2. The third-order valence-electron chi connectivity index (χ3n) is 3.32. The molecule has 0 radical (unpaired) electrons. The van der Waals surface area contributed by atoms with Crippen LogP contribution in [0.5, 0.6) is 0 Å². The van der Waals surface area contributed by atoms with Gasteiger partial charge in [0, 0.05) is 16.9 Å². The first-order valence-electron chi connectivity index (χ1n) is 6.83. The van der Waals surface area contributed by atoms with Gasteiger partial charge in [0.15, 0.2) is 0 Å². The lowest BCUT2D eigenvalue weighted by Crippen LogP contribution is -2.13. The van der Waals surface area contributed by atoms with Crippen molar-refractivity contribution in [1.82, 2.24) is 0 Å². The zero-order valence-corrected chi connectivity index (χ0v) is 12.8. The Hall–Kier alpha value is -2.82. The van der Waals surface area contributed by atoms with E-state index in [1.165, 1.54) is 7.11 Å². The lowest BCUT2D eigenvalue weighted by atomic mass is 10.1.